The van der Waals surface area contributed by atoms with E-state index in [1.165, 1.54) is 37.7 Å². The van der Waals surface area contributed by atoms with Gasteiger partial charge in [0.1, 0.15) is 0 Å². The van der Waals surface area contributed by atoms with Crippen LogP contribution in [-0.4, -0.2) is 23.9 Å². The van der Waals surface area contributed by atoms with Crippen molar-refractivity contribution < 1.29 is 4.79 Å². The molecule has 1 saturated carbocycles. The number of carbonyl (C=O) groups is 1. The summed E-state index contributed by atoms with van der Waals surface area (Å²) in [5.74, 6) is 0.322. The van der Waals surface area contributed by atoms with Crippen LogP contribution in [0.4, 0.5) is 0 Å². The highest BCUT2D eigenvalue weighted by atomic mass is 16.2. The highest BCUT2D eigenvalue weighted by Gasteiger charge is 2.21. The van der Waals surface area contributed by atoms with E-state index in [1.807, 2.05) is 18.0 Å². The van der Waals surface area contributed by atoms with Gasteiger partial charge in [0, 0.05) is 19.5 Å². The quantitative estimate of drug-likeness (QED) is 0.787. The van der Waals surface area contributed by atoms with Gasteiger partial charge < -0.3 is 4.90 Å². The molecule has 0 aliphatic heterocycles. The molecule has 1 aromatic rings. The lowest BCUT2D eigenvalue weighted by atomic mass is 9.94. The Bertz CT molecular complexity index is 382. The monoisotopic (exact) mass is 259 g/mol. The zero-order chi connectivity index (χ0) is 13.5. The van der Waals surface area contributed by atoms with Crippen molar-refractivity contribution in [1.29, 1.82) is 0 Å². The van der Waals surface area contributed by atoms with Gasteiger partial charge in [-0.3, -0.25) is 4.79 Å². The highest BCUT2D eigenvalue weighted by molar-refractivity contribution is 5.76. The molecule has 104 valence electrons. The molecule has 1 fully saturated rings. The first-order chi connectivity index (χ1) is 9.27. The molecule has 2 nitrogen and oxygen atoms in total. The summed E-state index contributed by atoms with van der Waals surface area (Å²) in [6.07, 6.45) is 8.94. The number of hydrogen-bond acceptors (Lipinski definition) is 1. The SMILES string of the molecule is CN(C(=O)CCCc1ccccc1)C1CCCCC1. The van der Waals surface area contributed by atoms with Crippen molar-refractivity contribution in [3.8, 4) is 0 Å². The average Bonchev–Trinajstić information content (AvgIpc) is 2.48. The standard InChI is InChI=1S/C17H25NO/c1-18(16-12-6-3-7-13-16)17(19)14-8-11-15-9-4-2-5-10-15/h2,4-5,9-10,16H,3,6-8,11-14H2,1H3. The van der Waals surface area contributed by atoms with Crippen LogP contribution in [0.15, 0.2) is 30.3 Å². The second-order valence-corrected chi connectivity index (χ2v) is 5.64. The third-order valence-electron chi connectivity index (χ3n) is 4.21. The molecule has 0 bridgehead atoms. The van der Waals surface area contributed by atoms with Gasteiger partial charge in [0.05, 0.1) is 0 Å². The van der Waals surface area contributed by atoms with Gasteiger partial charge in [0.2, 0.25) is 5.91 Å². The highest BCUT2D eigenvalue weighted by Crippen LogP contribution is 2.22. The largest absolute Gasteiger partial charge is 0.343 e. The minimum absolute atomic E-state index is 0.322. The molecule has 1 aliphatic carbocycles. The van der Waals surface area contributed by atoms with E-state index in [9.17, 15) is 4.79 Å². The molecule has 1 aromatic carbocycles. The summed E-state index contributed by atoms with van der Waals surface area (Å²) in [5.41, 5.74) is 1.33. The summed E-state index contributed by atoms with van der Waals surface area (Å²) >= 11 is 0. The molecule has 1 aliphatic rings. The van der Waals surface area contributed by atoms with E-state index >= 15 is 0 Å². The second kappa shape index (κ2) is 7.32. The Kier molecular flexibility index (Phi) is 5.44. The molecule has 0 saturated heterocycles. The van der Waals surface area contributed by atoms with Gasteiger partial charge in [0.15, 0.2) is 0 Å². The lowest BCUT2D eigenvalue weighted by Gasteiger charge is -2.31. The molecular weight excluding hydrogens is 234 g/mol. The molecule has 2 rings (SSSR count). The summed E-state index contributed by atoms with van der Waals surface area (Å²) < 4.78 is 0. The summed E-state index contributed by atoms with van der Waals surface area (Å²) in [7, 11) is 1.99. The van der Waals surface area contributed by atoms with Crippen LogP contribution in [0, 0.1) is 0 Å². The van der Waals surface area contributed by atoms with E-state index in [0.29, 0.717) is 18.4 Å². The van der Waals surface area contributed by atoms with E-state index in [4.69, 9.17) is 0 Å². The first-order valence-electron chi connectivity index (χ1n) is 7.57. The molecule has 0 spiro atoms. The van der Waals surface area contributed by atoms with Crippen LogP contribution in [-0.2, 0) is 11.2 Å². The van der Waals surface area contributed by atoms with Crippen LogP contribution in [0.5, 0.6) is 0 Å². The molecule has 0 N–H and O–H groups in total. The maximum atomic E-state index is 12.2. The van der Waals surface area contributed by atoms with E-state index in [-0.39, 0.29) is 0 Å². The second-order valence-electron chi connectivity index (χ2n) is 5.64. The van der Waals surface area contributed by atoms with Gasteiger partial charge in [-0.05, 0) is 31.2 Å². The minimum atomic E-state index is 0.322. The van der Waals surface area contributed by atoms with Gasteiger partial charge in [-0.2, -0.15) is 0 Å². The third kappa shape index (κ3) is 4.38. The normalized spacial score (nSPS) is 16.3. The van der Waals surface area contributed by atoms with Gasteiger partial charge in [-0.15, -0.1) is 0 Å². The predicted molar refractivity (Wildman–Crippen MR) is 79.0 cm³/mol. The Balaban J connectivity index is 1.71. The molecule has 1 amide bonds. The molecule has 0 unspecified atom stereocenters. The number of rotatable bonds is 5. The summed E-state index contributed by atoms with van der Waals surface area (Å²) in [4.78, 5) is 14.2. The van der Waals surface area contributed by atoms with Gasteiger partial charge in [0.25, 0.3) is 0 Å². The Hall–Kier alpha value is -1.31. The van der Waals surface area contributed by atoms with Gasteiger partial charge >= 0.3 is 0 Å². The van der Waals surface area contributed by atoms with Crippen molar-refractivity contribution in [1.82, 2.24) is 4.90 Å². The van der Waals surface area contributed by atoms with Crippen molar-refractivity contribution in [2.75, 3.05) is 7.05 Å². The van der Waals surface area contributed by atoms with Crippen LogP contribution >= 0.6 is 0 Å². The predicted octanol–water partition coefficient (Wildman–Crippen LogP) is 3.80. The van der Waals surface area contributed by atoms with E-state index in [2.05, 4.69) is 24.3 Å². The molecule has 19 heavy (non-hydrogen) atoms. The Labute approximate surface area is 116 Å². The van der Waals surface area contributed by atoms with E-state index in [0.717, 1.165) is 12.8 Å². The number of nitrogens with zero attached hydrogens (tertiary/aromatic N) is 1. The van der Waals surface area contributed by atoms with Crippen molar-refractivity contribution >= 4 is 5.91 Å². The average molecular weight is 259 g/mol. The summed E-state index contributed by atoms with van der Waals surface area (Å²) in [6.45, 7) is 0. The summed E-state index contributed by atoms with van der Waals surface area (Å²) in [6, 6.07) is 10.9. The topological polar surface area (TPSA) is 20.3 Å². The number of aryl methyl sites for hydroxylation is 1. The number of amides is 1. The zero-order valence-corrected chi connectivity index (χ0v) is 12.0. The summed E-state index contributed by atoms with van der Waals surface area (Å²) in [5, 5.41) is 0. The van der Waals surface area contributed by atoms with E-state index in [1.54, 1.807) is 0 Å². The molecule has 0 heterocycles. The third-order valence-corrected chi connectivity index (χ3v) is 4.21. The van der Waals surface area contributed by atoms with Crippen LogP contribution in [0.25, 0.3) is 0 Å². The van der Waals surface area contributed by atoms with Gasteiger partial charge in [-0.25, -0.2) is 0 Å². The van der Waals surface area contributed by atoms with Crippen LogP contribution in [0.3, 0.4) is 0 Å². The van der Waals surface area contributed by atoms with E-state index < -0.39 is 0 Å². The van der Waals surface area contributed by atoms with Crippen LogP contribution < -0.4 is 0 Å². The number of carbonyl (C=O) groups excluding carboxylic acids is 1. The first kappa shape index (κ1) is 14.1. The number of hydrogen-bond donors (Lipinski definition) is 0. The Morgan fingerprint density at radius 2 is 1.84 bits per heavy atom. The molecule has 2 heteroatoms. The fourth-order valence-corrected chi connectivity index (χ4v) is 2.94. The Morgan fingerprint density at radius 3 is 2.53 bits per heavy atom. The lowest BCUT2D eigenvalue weighted by Crippen LogP contribution is -2.38. The van der Waals surface area contributed by atoms with Crippen molar-refractivity contribution in [2.45, 2.75) is 57.4 Å². The fourth-order valence-electron chi connectivity index (χ4n) is 2.94. The maximum absolute atomic E-state index is 12.2. The zero-order valence-electron chi connectivity index (χ0n) is 12.0. The molecule has 0 radical (unpaired) electrons. The maximum Gasteiger partial charge on any atom is 0.222 e. The Morgan fingerprint density at radius 1 is 1.16 bits per heavy atom. The molecule has 0 atom stereocenters. The van der Waals surface area contributed by atoms with Crippen LogP contribution in [0.1, 0.15) is 50.5 Å². The smallest absolute Gasteiger partial charge is 0.222 e. The van der Waals surface area contributed by atoms with Crippen molar-refractivity contribution in [2.24, 2.45) is 0 Å². The van der Waals surface area contributed by atoms with Crippen LogP contribution in [0.2, 0.25) is 0 Å². The van der Waals surface area contributed by atoms with Crippen molar-refractivity contribution in [3.63, 3.8) is 0 Å². The lowest BCUT2D eigenvalue weighted by molar-refractivity contribution is -0.132. The molecule has 0 aromatic heterocycles. The minimum Gasteiger partial charge on any atom is -0.343 e. The first-order valence-corrected chi connectivity index (χ1v) is 7.57. The molecular formula is C17H25NO. The van der Waals surface area contributed by atoms with Gasteiger partial charge in [-0.1, -0.05) is 49.6 Å². The fraction of sp³-hybridized carbons (Fsp3) is 0.588. The number of benzene rings is 1. The van der Waals surface area contributed by atoms with Crippen molar-refractivity contribution in [3.05, 3.63) is 35.9 Å².